The summed E-state index contributed by atoms with van der Waals surface area (Å²) in [5, 5.41) is 11.5. The number of aromatic nitrogens is 3. The van der Waals surface area contributed by atoms with Gasteiger partial charge in [-0.1, -0.05) is 19.1 Å². The van der Waals surface area contributed by atoms with Crippen LogP contribution in [-0.2, 0) is 19.5 Å². The topological polar surface area (TPSA) is 61.6 Å². The Morgan fingerprint density at radius 3 is 2.59 bits per heavy atom. The van der Waals surface area contributed by atoms with E-state index in [0.717, 1.165) is 37.8 Å². The lowest BCUT2D eigenvalue weighted by molar-refractivity contribution is 0.475. The molecule has 1 saturated heterocycles. The first-order valence-corrected chi connectivity index (χ1v) is 10.9. The van der Waals surface area contributed by atoms with Gasteiger partial charge in [-0.3, -0.25) is 4.99 Å². The molecule has 1 aromatic heterocycles. The Morgan fingerprint density at radius 2 is 1.90 bits per heavy atom. The summed E-state index contributed by atoms with van der Waals surface area (Å²) in [7, 11) is 2.09. The van der Waals surface area contributed by atoms with Crippen molar-refractivity contribution in [1.82, 2.24) is 25.0 Å². The van der Waals surface area contributed by atoms with Crippen LogP contribution in [0.15, 0.2) is 35.6 Å². The van der Waals surface area contributed by atoms with Crippen LogP contribution < -0.4 is 10.2 Å². The highest BCUT2D eigenvalue weighted by Gasteiger charge is 2.11. The van der Waals surface area contributed by atoms with E-state index in [2.05, 4.69) is 75.0 Å². The van der Waals surface area contributed by atoms with Crippen LogP contribution in [0.3, 0.4) is 0 Å². The molecule has 0 radical (unpaired) electrons. The number of hydrogen-bond donors (Lipinski definition) is 1. The summed E-state index contributed by atoms with van der Waals surface area (Å²) in [5.74, 6) is 1.94. The van der Waals surface area contributed by atoms with E-state index in [1.165, 1.54) is 43.6 Å². The molecule has 0 unspecified atom stereocenters. The molecule has 1 aliphatic heterocycles. The molecule has 1 N–H and O–H groups in total. The molecule has 2 aromatic rings. The van der Waals surface area contributed by atoms with Gasteiger partial charge in [0.25, 0.3) is 0 Å². The van der Waals surface area contributed by atoms with Crippen LogP contribution in [0.2, 0.25) is 0 Å². The summed E-state index contributed by atoms with van der Waals surface area (Å²) in [6, 6.07) is 9.01. The molecule has 7 nitrogen and oxygen atoms in total. The monoisotopic (exact) mass is 397 g/mol. The Morgan fingerprint density at radius 1 is 1.14 bits per heavy atom. The first-order chi connectivity index (χ1) is 14.2. The molecule has 158 valence electrons. The zero-order valence-electron chi connectivity index (χ0n) is 18.1. The standard InChI is InChI=1S/C22H35N7/c1-4-21-26-25-18-29(21)16-13-24-22(23-5-2)27(3)17-19-9-11-20(12-10-19)28-14-7-6-8-15-28/h9-12,18H,4-8,13-17H2,1-3H3,(H,23,24). The zero-order valence-corrected chi connectivity index (χ0v) is 18.1. The maximum atomic E-state index is 4.80. The Balaban J connectivity index is 1.57. The second-order valence-electron chi connectivity index (χ2n) is 7.60. The fourth-order valence-corrected chi connectivity index (χ4v) is 3.79. The SMILES string of the molecule is CCNC(=NCCn1cnnc1CC)N(C)Cc1ccc(N2CCCCC2)cc1. The van der Waals surface area contributed by atoms with Crippen molar-refractivity contribution in [2.75, 3.05) is 38.1 Å². The quantitative estimate of drug-likeness (QED) is 0.548. The predicted molar refractivity (Wildman–Crippen MR) is 119 cm³/mol. The number of piperidine rings is 1. The summed E-state index contributed by atoms with van der Waals surface area (Å²) in [4.78, 5) is 9.48. The van der Waals surface area contributed by atoms with Gasteiger partial charge >= 0.3 is 0 Å². The summed E-state index contributed by atoms with van der Waals surface area (Å²) in [6.07, 6.45) is 6.65. The van der Waals surface area contributed by atoms with Gasteiger partial charge in [0.05, 0.1) is 6.54 Å². The van der Waals surface area contributed by atoms with Gasteiger partial charge in [0.15, 0.2) is 5.96 Å². The average Bonchev–Trinajstić information content (AvgIpc) is 3.22. The summed E-state index contributed by atoms with van der Waals surface area (Å²) in [6.45, 7) is 9.74. The van der Waals surface area contributed by atoms with E-state index in [4.69, 9.17) is 4.99 Å². The molecule has 7 heteroatoms. The number of aliphatic imine (C=N–C) groups is 1. The maximum Gasteiger partial charge on any atom is 0.194 e. The van der Waals surface area contributed by atoms with Crippen molar-refractivity contribution in [3.05, 3.63) is 42.0 Å². The number of nitrogens with one attached hydrogen (secondary N) is 1. The van der Waals surface area contributed by atoms with Crippen LogP contribution in [0.5, 0.6) is 0 Å². The first kappa shape index (κ1) is 21.1. The molecule has 0 amide bonds. The summed E-state index contributed by atoms with van der Waals surface area (Å²) in [5.41, 5.74) is 2.64. The van der Waals surface area contributed by atoms with Crippen molar-refractivity contribution < 1.29 is 0 Å². The van der Waals surface area contributed by atoms with E-state index in [-0.39, 0.29) is 0 Å². The number of rotatable bonds is 8. The highest BCUT2D eigenvalue weighted by molar-refractivity contribution is 5.79. The van der Waals surface area contributed by atoms with Crippen LogP contribution in [0.4, 0.5) is 5.69 Å². The molecular formula is C22H35N7. The fraction of sp³-hybridized carbons (Fsp3) is 0.591. The normalized spacial score (nSPS) is 14.9. The third kappa shape index (κ3) is 5.95. The van der Waals surface area contributed by atoms with Crippen molar-refractivity contribution in [3.8, 4) is 0 Å². The van der Waals surface area contributed by atoms with Crippen molar-refractivity contribution >= 4 is 11.6 Å². The van der Waals surface area contributed by atoms with Crippen molar-refractivity contribution in [1.29, 1.82) is 0 Å². The molecule has 29 heavy (non-hydrogen) atoms. The molecule has 1 fully saturated rings. The molecule has 0 bridgehead atoms. The predicted octanol–water partition coefficient (Wildman–Crippen LogP) is 2.93. The number of guanidine groups is 1. The van der Waals surface area contributed by atoms with Gasteiger partial charge in [-0.25, -0.2) is 0 Å². The van der Waals surface area contributed by atoms with E-state index in [1.807, 2.05) is 0 Å². The molecule has 3 rings (SSSR count). The number of benzene rings is 1. The lowest BCUT2D eigenvalue weighted by Gasteiger charge is -2.29. The first-order valence-electron chi connectivity index (χ1n) is 10.9. The molecule has 1 aliphatic rings. The van der Waals surface area contributed by atoms with Crippen molar-refractivity contribution in [3.63, 3.8) is 0 Å². The molecule has 0 saturated carbocycles. The molecule has 0 aliphatic carbocycles. The van der Waals surface area contributed by atoms with E-state index < -0.39 is 0 Å². The highest BCUT2D eigenvalue weighted by atomic mass is 15.3. The minimum absolute atomic E-state index is 0.700. The van der Waals surface area contributed by atoms with Crippen LogP contribution in [0.25, 0.3) is 0 Å². The van der Waals surface area contributed by atoms with Crippen LogP contribution in [-0.4, -0.2) is 58.9 Å². The van der Waals surface area contributed by atoms with Gasteiger partial charge in [0.1, 0.15) is 12.2 Å². The van der Waals surface area contributed by atoms with Crippen molar-refractivity contribution in [2.24, 2.45) is 4.99 Å². The van der Waals surface area contributed by atoms with Crippen LogP contribution in [0.1, 0.15) is 44.5 Å². The Labute approximate surface area is 174 Å². The lowest BCUT2D eigenvalue weighted by atomic mass is 10.1. The second-order valence-corrected chi connectivity index (χ2v) is 7.60. The van der Waals surface area contributed by atoms with E-state index in [1.54, 1.807) is 6.33 Å². The van der Waals surface area contributed by atoms with E-state index in [9.17, 15) is 0 Å². The Kier molecular flexibility index (Phi) is 7.90. The minimum Gasteiger partial charge on any atom is -0.372 e. The largest absolute Gasteiger partial charge is 0.372 e. The lowest BCUT2D eigenvalue weighted by Crippen LogP contribution is -2.38. The number of aryl methyl sites for hydroxylation is 1. The maximum absolute atomic E-state index is 4.80. The molecule has 0 spiro atoms. The van der Waals surface area contributed by atoms with Gasteiger partial charge < -0.3 is 19.7 Å². The summed E-state index contributed by atoms with van der Waals surface area (Å²) < 4.78 is 2.08. The Bertz CT molecular complexity index is 760. The number of nitrogens with zero attached hydrogens (tertiary/aromatic N) is 6. The van der Waals surface area contributed by atoms with Gasteiger partial charge in [-0.05, 0) is 43.9 Å². The average molecular weight is 398 g/mol. The fourth-order valence-electron chi connectivity index (χ4n) is 3.79. The Hall–Kier alpha value is -2.57. The smallest absolute Gasteiger partial charge is 0.194 e. The minimum atomic E-state index is 0.700. The number of hydrogen-bond acceptors (Lipinski definition) is 4. The molecule has 2 heterocycles. The van der Waals surface area contributed by atoms with Gasteiger partial charge in [-0.2, -0.15) is 0 Å². The highest BCUT2D eigenvalue weighted by Crippen LogP contribution is 2.20. The van der Waals surface area contributed by atoms with E-state index >= 15 is 0 Å². The molecule has 0 atom stereocenters. The van der Waals surface area contributed by atoms with Gasteiger partial charge in [0.2, 0.25) is 0 Å². The van der Waals surface area contributed by atoms with Crippen molar-refractivity contribution in [2.45, 2.75) is 52.6 Å². The zero-order chi connectivity index (χ0) is 20.5. The molecule has 1 aromatic carbocycles. The third-order valence-electron chi connectivity index (χ3n) is 5.39. The number of anilines is 1. The molecular weight excluding hydrogens is 362 g/mol. The van der Waals surface area contributed by atoms with E-state index in [0.29, 0.717) is 6.54 Å². The third-order valence-corrected chi connectivity index (χ3v) is 5.39. The summed E-state index contributed by atoms with van der Waals surface area (Å²) >= 11 is 0. The van der Waals surface area contributed by atoms with Crippen LogP contribution in [0, 0.1) is 0 Å². The second kappa shape index (κ2) is 10.8. The van der Waals surface area contributed by atoms with Crippen LogP contribution >= 0.6 is 0 Å². The van der Waals surface area contributed by atoms with Gasteiger partial charge in [0, 0.05) is 51.9 Å². The van der Waals surface area contributed by atoms with Gasteiger partial charge in [-0.15, -0.1) is 10.2 Å².